The van der Waals surface area contributed by atoms with Gasteiger partial charge in [-0.25, -0.2) is 9.78 Å². The van der Waals surface area contributed by atoms with Crippen molar-refractivity contribution in [3.63, 3.8) is 0 Å². The Balaban J connectivity index is 1.68. The van der Waals surface area contributed by atoms with E-state index in [0.717, 1.165) is 36.2 Å². The van der Waals surface area contributed by atoms with E-state index in [9.17, 15) is 9.90 Å². The Hall–Kier alpha value is -2.52. The van der Waals surface area contributed by atoms with Crippen LogP contribution in [0.25, 0.3) is 0 Å². The third-order valence-corrected chi connectivity index (χ3v) is 5.99. The van der Waals surface area contributed by atoms with Gasteiger partial charge >= 0.3 is 5.97 Å². The number of anilines is 1. The lowest BCUT2D eigenvalue weighted by molar-refractivity contribution is 0.0702. The van der Waals surface area contributed by atoms with E-state index in [1.807, 2.05) is 52.1 Å². The molecule has 0 saturated heterocycles. The van der Waals surface area contributed by atoms with E-state index in [1.165, 1.54) is 11.3 Å². The molecule has 1 aliphatic carbocycles. The number of rotatable bonds is 5. The maximum absolute atomic E-state index is 11.8. The molecule has 2 aromatic rings. The lowest BCUT2D eigenvalue weighted by atomic mass is 9.91. The van der Waals surface area contributed by atoms with Gasteiger partial charge in [0.25, 0.3) is 0 Å². The predicted octanol–water partition coefficient (Wildman–Crippen LogP) is 5.07. The number of aromatic nitrogens is 1. The second-order valence-electron chi connectivity index (χ2n) is 8.46. The van der Waals surface area contributed by atoms with Crippen LogP contribution in [0.5, 0.6) is 5.88 Å². The molecular formula is C23H28N2O3S. The zero-order chi connectivity index (χ0) is 21.0. The van der Waals surface area contributed by atoms with Gasteiger partial charge in [0.15, 0.2) is 0 Å². The number of carboxylic acid groups (broad SMARTS) is 1. The fourth-order valence-corrected chi connectivity index (χ4v) is 4.33. The normalized spacial score (nSPS) is 19.2. The lowest BCUT2D eigenvalue weighted by Crippen LogP contribution is -2.38. The minimum atomic E-state index is -0.896. The standard InChI is InChI=1S/C23H28N2O3S/c1-23(2,3)13-12-18-15-19(21(29-18)22(26)27)25(4)16-8-10-17(11-9-16)28-20-7-5-6-14-24-20/h5-7,14-17H,8-11H2,1-4H3,(H,26,27)/t16-,17-. The maximum Gasteiger partial charge on any atom is 0.348 e. The van der Waals surface area contributed by atoms with Crippen LogP contribution in [0, 0.1) is 17.3 Å². The molecule has 0 radical (unpaired) electrons. The molecule has 154 valence electrons. The summed E-state index contributed by atoms with van der Waals surface area (Å²) >= 11 is 1.26. The van der Waals surface area contributed by atoms with Gasteiger partial charge in [-0.3, -0.25) is 0 Å². The van der Waals surface area contributed by atoms with Crippen LogP contribution >= 0.6 is 11.3 Å². The molecule has 2 aromatic heterocycles. The molecule has 0 bridgehead atoms. The summed E-state index contributed by atoms with van der Waals surface area (Å²) in [5.74, 6) is 6.10. The highest BCUT2D eigenvalue weighted by Gasteiger charge is 2.28. The highest BCUT2D eigenvalue weighted by molar-refractivity contribution is 7.15. The van der Waals surface area contributed by atoms with Gasteiger partial charge in [0.1, 0.15) is 11.0 Å². The summed E-state index contributed by atoms with van der Waals surface area (Å²) in [6.07, 6.45) is 5.64. The number of thiophene rings is 1. The molecule has 0 unspecified atom stereocenters. The molecule has 0 amide bonds. The van der Waals surface area contributed by atoms with Gasteiger partial charge in [0.05, 0.1) is 10.6 Å². The Labute approximate surface area is 176 Å². The van der Waals surface area contributed by atoms with Crippen LogP contribution < -0.4 is 9.64 Å². The van der Waals surface area contributed by atoms with E-state index >= 15 is 0 Å². The van der Waals surface area contributed by atoms with Gasteiger partial charge in [-0.1, -0.05) is 17.9 Å². The van der Waals surface area contributed by atoms with Crippen molar-refractivity contribution in [2.45, 2.75) is 58.6 Å². The molecule has 1 N–H and O–H groups in total. The van der Waals surface area contributed by atoms with E-state index < -0.39 is 5.97 Å². The van der Waals surface area contributed by atoms with E-state index in [-0.39, 0.29) is 17.6 Å². The second-order valence-corrected chi connectivity index (χ2v) is 9.51. The van der Waals surface area contributed by atoms with Crippen molar-refractivity contribution in [1.29, 1.82) is 0 Å². The number of carboxylic acids is 1. The highest BCUT2D eigenvalue weighted by Crippen LogP contribution is 2.34. The molecule has 6 heteroatoms. The quantitative estimate of drug-likeness (QED) is 0.695. The van der Waals surface area contributed by atoms with E-state index in [2.05, 4.69) is 21.7 Å². The van der Waals surface area contributed by atoms with Gasteiger partial charge in [0.2, 0.25) is 5.88 Å². The third-order valence-electron chi connectivity index (χ3n) is 4.96. The maximum atomic E-state index is 11.8. The summed E-state index contributed by atoms with van der Waals surface area (Å²) in [6.45, 7) is 6.14. The topological polar surface area (TPSA) is 62.7 Å². The summed E-state index contributed by atoms with van der Waals surface area (Å²) < 4.78 is 5.98. The van der Waals surface area contributed by atoms with Crippen molar-refractivity contribution in [3.8, 4) is 17.7 Å². The van der Waals surface area contributed by atoms with Crippen LogP contribution in [0.4, 0.5) is 5.69 Å². The molecule has 0 aliphatic heterocycles. The first kappa shape index (κ1) is 21.2. The minimum Gasteiger partial charge on any atom is -0.477 e. The van der Waals surface area contributed by atoms with Gasteiger partial charge in [-0.15, -0.1) is 11.3 Å². The Kier molecular flexibility index (Phi) is 6.49. The van der Waals surface area contributed by atoms with Crippen molar-refractivity contribution < 1.29 is 14.6 Å². The first-order chi connectivity index (χ1) is 13.7. The van der Waals surface area contributed by atoms with Crippen molar-refractivity contribution in [1.82, 2.24) is 4.98 Å². The Morgan fingerprint density at radius 1 is 1.28 bits per heavy atom. The second kappa shape index (κ2) is 8.87. The van der Waals surface area contributed by atoms with Crippen molar-refractivity contribution in [3.05, 3.63) is 40.2 Å². The van der Waals surface area contributed by atoms with E-state index in [1.54, 1.807) is 6.20 Å². The highest BCUT2D eigenvalue weighted by atomic mass is 32.1. The molecule has 0 atom stereocenters. The van der Waals surface area contributed by atoms with Gasteiger partial charge in [0, 0.05) is 30.8 Å². The molecule has 0 spiro atoms. The number of nitrogens with zero attached hydrogens (tertiary/aromatic N) is 2. The van der Waals surface area contributed by atoms with Crippen LogP contribution in [0.3, 0.4) is 0 Å². The number of carbonyl (C=O) groups is 1. The fourth-order valence-electron chi connectivity index (χ4n) is 3.44. The van der Waals surface area contributed by atoms with Gasteiger partial charge < -0.3 is 14.7 Å². The average Bonchev–Trinajstić information content (AvgIpc) is 3.11. The molecule has 29 heavy (non-hydrogen) atoms. The Morgan fingerprint density at radius 3 is 2.59 bits per heavy atom. The van der Waals surface area contributed by atoms with Crippen molar-refractivity contribution >= 4 is 23.0 Å². The Bertz CT molecular complexity index is 898. The molecule has 3 rings (SSSR count). The molecule has 2 heterocycles. The largest absolute Gasteiger partial charge is 0.477 e. The fraction of sp³-hybridized carbons (Fsp3) is 0.478. The van der Waals surface area contributed by atoms with Crippen LogP contribution in [-0.2, 0) is 0 Å². The van der Waals surface area contributed by atoms with Crippen LogP contribution in [0.1, 0.15) is 61.0 Å². The predicted molar refractivity (Wildman–Crippen MR) is 117 cm³/mol. The Morgan fingerprint density at radius 2 is 2.00 bits per heavy atom. The monoisotopic (exact) mass is 412 g/mol. The molecular weight excluding hydrogens is 384 g/mol. The zero-order valence-electron chi connectivity index (χ0n) is 17.4. The first-order valence-electron chi connectivity index (χ1n) is 9.94. The molecule has 1 aliphatic rings. The summed E-state index contributed by atoms with van der Waals surface area (Å²) in [5.41, 5.74) is 0.639. The third kappa shape index (κ3) is 5.74. The molecule has 1 fully saturated rings. The molecule has 1 saturated carbocycles. The number of pyridine rings is 1. The van der Waals surface area contributed by atoms with Crippen LogP contribution in [0.15, 0.2) is 30.5 Å². The van der Waals surface area contributed by atoms with Crippen LogP contribution in [-0.4, -0.2) is 35.3 Å². The minimum absolute atomic E-state index is 0.120. The summed E-state index contributed by atoms with van der Waals surface area (Å²) in [4.78, 5) is 19.3. The zero-order valence-corrected chi connectivity index (χ0v) is 18.3. The molecule has 0 aromatic carbocycles. The number of ether oxygens (including phenoxy) is 1. The lowest BCUT2D eigenvalue weighted by Gasteiger charge is -2.35. The first-order valence-corrected chi connectivity index (χ1v) is 10.8. The summed E-state index contributed by atoms with van der Waals surface area (Å²) in [7, 11) is 1.99. The van der Waals surface area contributed by atoms with E-state index in [4.69, 9.17) is 4.74 Å². The summed E-state index contributed by atoms with van der Waals surface area (Å²) in [5, 5.41) is 9.67. The average molecular weight is 413 g/mol. The van der Waals surface area contributed by atoms with Crippen molar-refractivity contribution in [2.75, 3.05) is 11.9 Å². The van der Waals surface area contributed by atoms with Gasteiger partial charge in [-0.2, -0.15) is 0 Å². The summed E-state index contributed by atoms with van der Waals surface area (Å²) in [6, 6.07) is 7.88. The SMILES string of the molecule is CN(c1cc(C#CC(C)(C)C)sc1C(=O)O)[C@H]1CC[C@H](Oc2ccccn2)CC1. The smallest absolute Gasteiger partial charge is 0.348 e. The van der Waals surface area contributed by atoms with Crippen molar-refractivity contribution in [2.24, 2.45) is 5.41 Å². The van der Waals surface area contributed by atoms with Gasteiger partial charge in [-0.05, 0) is 58.6 Å². The number of hydrogen-bond donors (Lipinski definition) is 1. The van der Waals surface area contributed by atoms with E-state index in [0.29, 0.717) is 10.8 Å². The number of aromatic carboxylic acids is 1. The number of hydrogen-bond acceptors (Lipinski definition) is 5. The molecule has 5 nitrogen and oxygen atoms in total. The van der Waals surface area contributed by atoms with Crippen LogP contribution in [0.2, 0.25) is 0 Å².